The molecule has 0 amide bonds. The number of epoxide rings is 1. The predicted octanol–water partition coefficient (Wildman–Crippen LogP) is 6.65. The Morgan fingerprint density at radius 3 is 2.51 bits per heavy atom. The second-order valence-electron chi connectivity index (χ2n) is 9.72. The van der Waals surface area contributed by atoms with Crippen molar-refractivity contribution in [3.63, 3.8) is 0 Å². The van der Waals surface area contributed by atoms with E-state index in [1.165, 1.54) is 17.3 Å². The van der Waals surface area contributed by atoms with Gasteiger partial charge in [-0.15, -0.1) is 0 Å². The van der Waals surface area contributed by atoms with E-state index in [0.717, 1.165) is 40.4 Å². The molecule has 0 saturated carbocycles. The number of benzene rings is 3. The first-order valence-corrected chi connectivity index (χ1v) is 12.5. The topological polar surface area (TPSA) is 51.1 Å². The normalized spacial score (nSPS) is 17.5. The van der Waals surface area contributed by atoms with Gasteiger partial charge in [-0.05, 0) is 42.2 Å². The van der Waals surface area contributed by atoms with Crippen LogP contribution in [-0.4, -0.2) is 23.6 Å². The van der Waals surface area contributed by atoms with Gasteiger partial charge in [-0.1, -0.05) is 67.5 Å². The van der Waals surface area contributed by atoms with Crippen molar-refractivity contribution in [3.05, 3.63) is 106 Å². The Kier molecular flexibility index (Phi) is 7.09. The van der Waals surface area contributed by atoms with Crippen LogP contribution < -0.4 is 5.32 Å². The van der Waals surface area contributed by atoms with Crippen LogP contribution in [0.2, 0.25) is 0 Å². The quantitative estimate of drug-likeness (QED) is 0.158. The lowest BCUT2D eigenvalue weighted by atomic mass is 9.99. The molecule has 0 bridgehead atoms. The van der Waals surface area contributed by atoms with Crippen LogP contribution in [0.4, 0.5) is 8.78 Å². The highest BCUT2D eigenvalue weighted by molar-refractivity contribution is 6.02. The summed E-state index contributed by atoms with van der Waals surface area (Å²) in [4.78, 5) is 5.01. The van der Waals surface area contributed by atoms with Crippen LogP contribution in [0.1, 0.15) is 60.7 Å². The van der Waals surface area contributed by atoms with Crippen LogP contribution in [0.15, 0.2) is 71.9 Å². The monoisotopic (exact) mass is 503 g/mol. The van der Waals surface area contributed by atoms with E-state index in [-0.39, 0.29) is 18.2 Å². The summed E-state index contributed by atoms with van der Waals surface area (Å²) < 4.78 is 35.4. The molecule has 1 fully saturated rings. The van der Waals surface area contributed by atoms with Crippen LogP contribution in [0.3, 0.4) is 0 Å². The molecule has 1 aliphatic rings. The molecule has 5 rings (SSSR count). The lowest BCUT2D eigenvalue weighted by Crippen LogP contribution is -2.18. The highest BCUT2D eigenvalue weighted by Gasteiger charge is 2.44. The van der Waals surface area contributed by atoms with Gasteiger partial charge < -0.3 is 14.1 Å². The Hall–Kier alpha value is -3.55. The van der Waals surface area contributed by atoms with Crippen molar-refractivity contribution in [2.24, 2.45) is 5.16 Å². The van der Waals surface area contributed by atoms with E-state index in [4.69, 9.17) is 9.57 Å². The average Bonchev–Trinajstić information content (AvgIpc) is 3.59. The Morgan fingerprint density at radius 2 is 1.81 bits per heavy atom. The molecule has 1 aromatic heterocycles. The zero-order chi connectivity index (χ0) is 26.1. The molecule has 7 heteroatoms. The fourth-order valence-electron chi connectivity index (χ4n) is 5.02. The number of ether oxygens (including phenoxy) is 1. The maximum Gasteiger partial charge on any atom is 0.159 e. The van der Waals surface area contributed by atoms with Gasteiger partial charge in [0.1, 0.15) is 19.4 Å². The maximum atomic E-state index is 13.6. The summed E-state index contributed by atoms with van der Waals surface area (Å²) in [6.07, 6.45) is -0.348. The summed E-state index contributed by atoms with van der Waals surface area (Å²) in [7, 11) is 1.55. The van der Waals surface area contributed by atoms with Gasteiger partial charge in [-0.25, -0.2) is 8.78 Å². The Labute approximate surface area is 215 Å². The number of aromatic nitrogens is 1. The van der Waals surface area contributed by atoms with E-state index in [1.807, 2.05) is 13.0 Å². The van der Waals surface area contributed by atoms with Crippen molar-refractivity contribution in [2.75, 3.05) is 7.11 Å². The largest absolute Gasteiger partial charge is 0.399 e. The first-order chi connectivity index (χ1) is 17.9. The Balaban J connectivity index is 1.53. The van der Waals surface area contributed by atoms with Crippen molar-refractivity contribution in [2.45, 2.75) is 52.1 Å². The van der Waals surface area contributed by atoms with Gasteiger partial charge in [0.2, 0.25) is 0 Å². The molecule has 2 atom stereocenters. The summed E-state index contributed by atoms with van der Waals surface area (Å²) in [5, 5.41) is 8.61. The summed E-state index contributed by atoms with van der Waals surface area (Å²) in [5.74, 6) is -1.44. The number of nitrogens with one attached hydrogen (secondary N) is 1. The number of hydrogen-bond acceptors (Lipinski definition) is 4. The predicted molar refractivity (Wildman–Crippen MR) is 142 cm³/mol. The number of halogens is 2. The third kappa shape index (κ3) is 5.15. The smallest absolute Gasteiger partial charge is 0.159 e. The van der Waals surface area contributed by atoms with Gasteiger partial charge in [-0.2, -0.15) is 0 Å². The molecular formula is C30H31F2N3O2. The first-order valence-electron chi connectivity index (χ1n) is 12.5. The van der Waals surface area contributed by atoms with Crippen molar-refractivity contribution in [1.29, 1.82) is 0 Å². The third-order valence-corrected chi connectivity index (χ3v) is 6.79. The van der Waals surface area contributed by atoms with E-state index < -0.39 is 11.6 Å². The molecule has 0 spiro atoms. The summed E-state index contributed by atoms with van der Waals surface area (Å²) in [5.41, 5.74) is 7.18. The van der Waals surface area contributed by atoms with Gasteiger partial charge >= 0.3 is 0 Å². The molecule has 1 aliphatic heterocycles. The zero-order valence-electron chi connectivity index (χ0n) is 21.5. The number of oxime groups is 1. The fourth-order valence-corrected chi connectivity index (χ4v) is 5.02. The van der Waals surface area contributed by atoms with Crippen molar-refractivity contribution >= 4 is 16.6 Å². The minimum Gasteiger partial charge on any atom is -0.399 e. The average molecular weight is 504 g/mol. The minimum atomic E-state index is -0.846. The summed E-state index contributed by atoms with van der Waals surface area (Å²) in [6.45, 7) is 7.44. The fraction of sp³-hybridized carbons (Fsp3) is 0.300. The first kappa shape index (κ1) is 25.1. The van der Waals surface area contributed by atoms with E-state index in [1.54, 1.807) is 13.2 Å². The Bertz CT molecular complexity index is 1450. The van der Waals surface area contributed by atoms with Gasteiger partial charge in [0, 0.05) is 40.8 Å². The van der Waals surface area contributed by atoms with Crippen LogP contribution in [0.25, 0.3) is 10.9 Å². The molecule has 1 saturated heterocycles. The second kappa shape index (κ2) is 10.4. The molecule has 37 heavy (non-hydrogen) atoms. The summed E-state index contributed by atoms with van der Waals surface area (Å²) in [6, 6.07) is 20.7. The van der Waals surface area contributed by atoms with Crippen LogP contribution in [0.5, 0.6) is 0 Å². The minimum absolute atomic E-state index is 0.137. The molecule has 5 nitrogen and oxygen atoms in total. The lowest BCUT2D eigenvalue weighted by Gasteiger charge is -2.15. The maximum absolute atomic E-state index is 13.6. The van der Waals surface area contributed by atoms with Gasteiger partial charge in [0.25, 0.3) is 0 Å². The van der Waals surface area contributed by atoms with Crippen molar-refractivity contribution in [1.82, 2.24) is 9.88 Å². The third-order valence-electron chi connectivity index (χ3n) is 6.79. The number of nitrogens with zero attached hydrogens (tertiary/aromatic N) is 2. The Morgan fingerprint density at radius 1 is 1.03 bits per heavy atom. The van der Waals surface area contributed by atoms with Crippen LogP contribution >= 0.6 is 0 Å². The van der Waals surface area contributed by atoms with Crippen LogP contribution in [0, 0.1) is 11.6 Å². The van der Waals surface area contributed by atoms with Crippen molar-refractivity contribution < 1.29 is 18.4 Å². The highest BCUT2D eigenvalue weighted by atomic mass is 19.2. The van der Waals surface area contributed by atoms with E-state index in [9.17, 15) is 8.78 Å². The van der Waals surface area contributed by atoms with E-state index in [2.05, 4.69) is 71.4 Å². The molecule has 0 aliphatic carbocycles. The SMILES string of the molecule is CO/N=C(\C)c1ccc2c(C3OC3NCc3ccc(F)c(F)c3)c(C(C)C)n(Cc3ccccc3)c2c1. The molecule has 0 radical (unpaired) electrons. The molecular weight excluding hydrogens is 472 g/mol. The van der Waals surface area contributed by atoms with E-state index >= 15 is 0 Å². The highest BCUT2D eigenvalue weighted by Crippen LogP contribution is 2.46. The molecule has 2 unspecified atom stereocenters. The lowest BCUT2D eigenvalue weighted by molar-refractivity contribution is 0.213. The van der Waals surface area contributed by atoms with E-state index in [0.29, 0.717) is 12.1 Å². The van der Waals surface area contributed by atoms with Gasteiger partial charge in [0.15, 0.2) is 11.6 Å². The molecule has 3 aromatic carbocycles. The van der Waals surface area contributed by atoms with Gasteiger partial charge in [-0.3, -0.25) is 5.32 Å². The number of rotatable bonds is 9. The number of hydrogen-bond donors (Lipinski definition) is 1. The molecule has 4 aromatic rings. The van der Waals surface area contributed by atoms with Crippen molar-refractivity contribution in [3.8, 4) is 0 Å². The molecule has 192 valence electrons. The van der Waals surface area contributed by atoms with Crippen LogP contribution in [-0.2, 0) is 22.7 Å². The molecule has 1 N–H and O–H groups in total. The number of fused-ring (bicyclic) bond motifs is 1. The summed E-state index contributed by atoms with van der Waals surface area (Å²) >= 11 is 0. The molecule has 2 heterocycles. The second-order valence-corrected chi connectivity index (χ2v) is 9.72. The van der Waals surface area contributed by atoms with Gasteiger partial charge in [0.05, 0.1) is 5.71 Å². The standard InChI is InChI=1S/C30H31F2N3O2/c1-18(2)28-27(29-30(37-29)33-16-21-10-13-24(31)25(32)14-21)23-12-11-22(19(3)34-36-4)15-26(23)35(28)17-20-8-6-5-7-9-20/h5-15,18,29-30,33H,16-17H2,1-4H3/b34-19+. The zero-order valence-corrected chi connectivity index (χ0v) is 21.5.